The number of esters is 1. The number of carbonyl (C=O) groups is 3. The van der Waals surface area contributed by atoms with E-state index in [0.29, 0.717) is 5.69 Å². The molecule has 0 aromatic heterocycles. The number of carbonyl (C=O) groups excluding carboxylic acids is 3. The average Bonchev–Trinajstić information content (AvgIpc) is 2.70. The van der Waals surface area contributed by atoms with Crippen molar-refractivity contribution >= 4 is 58.3 Å². The Labute approximate surface area is 195 Å². The van der Waals surface area contributed by atoms with Crippen molar-refractivity contribution < 1.29 is 23.9 Å². The van der Waals surface area contributed by atoms with Crippen molar-refractivity contribution in [2.75, 3.05) is 32.1 Å². The highest BCUT2D eigenvalue weighted by molar-refractivity contribution is 6.43. The summed E-state index contributed by atoms with van der Waals surface area (Å²) in [6.07, 6.45) is 0. The van der Waals surface area contributed by atoms with E-state index in [2.05, 4.69) is 5.32 Å². The first kappa shape index (κ1) is 24.8. The quantitative estimate of drug-likeness (QED) is 0.444. The highest BCUT2D eigenvalue weighted by Gasteiger charge is 2.17. The fraction of sp³-hybridized carbons (Fsp3) is 0.286. The van der Waals surface area contributed by atoms with E-state index in [1.807, 2.05) is 32.0 Å². The first-order valence-corrected chi connectivity index (χ1v) is 10.2. The third kappa shape index (κ3) is 7.31. The van der Waals surface area contributed by atoms with Gasteiger partial charge in [0, 0.05) is 18.8 Å². The number of amides is 2. The monoisotopic (exact) mass is 486 g/mol. The van der Waals surface area contributed by atoms with E-state index in [1.165, 1.54) is 19.2 Å². The number of nitrogens with zero attached hydrogens (tertiary/aromatic N) is 1. The van der Waals surface area contributed by atoms with Gasteiger partial charge in [-0.1, -0.05) is 53.0 Å². The zero-order valence-electron chi connectivity index (χ0n) is 17.1. The second kappa shape index (κ2) is 11.2. The number of likely N-dealkylation sites (N-methyl/N-ethyl adjacent to an activating group) is 1. The summed E-state index contributed by atoms with van der Waals surface area (Å²) in [6, 6.07) is 8.40. The maximum atomic E-state index is 12.2. The summed E-state index contributed by atoms with van der Waals surface area (Å²) < 4.78 is 10.1. The average molecular weight is 488 g/mol. The Morgan fingerprint density at radius 1 is 0.968 bits per heavy atom. The number of nitrogens with one attached hydrogen (secondary N) is 1. The zero-order chi connectivity index (χ0) is 23.1. The Morgan fingerprint density at radius 3 is 2.23 bits per heavy atom. The van der Waals surface area contributed by atoms with Crippen LogP contribution in [0.15, 0.2) is 30.3 Å². The molecule has 1 N–H and O–H groups in total. The molecule has 0 bridgehead atoms. The van der Waals surface area contributed by atoms with E-state index in [1.54, 1.807) is 0 Å². The van der Waals surface area contributed by atoms with E-state index < -0.39 is 25.1 Å². The van der Waals surface area contributed by atoms with E-state index in [9.17, 15) is 14.4 Å². The molecule has 0 unspecified atom stereocenters. The molecule has 10 heteroatoms. The first-order valence-electron chi connectivity index (χ1n) is 9.11. The van der Waals surface area contributed by atoms with E-state index >= 15 is 0 Å². The molecule has 0 aliphatic rings. The fourth-order valence-corrected chi connectivity index (χ4v) is 3.13. The minimum Gasteiger partial charge on any atom is -0.480 e. The van der Waals surface area contributed by atoms with Gasteiger partial charge in [0.1, 0.15) is 5.75 Å². The van der Waals surface area contributed by atoms with Gasteiger partial charge in [0.05, 0.1) is 21.6 Å². The summed E-state index contributed by atoms with van der Waals surface area (Å²) >= 11 is 17.7. The number of halogens is 3. The van der Waals surface area contributed by atoms with Gasteiger partial charge in [-0.25, -0.2) is 4.79 Å². The summed E-state index contributed by atoms with van der Waals surface area (Å²) in [5.41, 5.74) is 2.54. The minimum atomic E-state index is -0.788. The first-order chi connectivity index (χ1) is 14.6. The molecule has 0 heterocycles. The number of para-hydroxylation sites is 1. The molecule has 0 spiro atoms. The van der Waals surface area contributed by atoms with Crippen LogP contribution in [0.5, 0.6) is 5.75 Å². The highest BCUT2D eigenvalue weighted by Crippen LogP contribution is 2.33. The number of hydrogen-bond acceptors (Lipinski definition) is 5. The Balaban J connectivity index is 1.79. The van der Waals surface area contributed by atoms with Crippen LogP contribution in [-0.4, -0.2) is 49.5 Å². The predicted molar refractivity (Wildman–Crippen MR) is 120 cm³/mol. The van der Waals surface area contributed by atoms with Gasteiger partial charge < -0.3 is 19.7 Å². The Hall–Kier alpha value is -2.48. The molecule has 2 aromatic rings. The molecule has 0 saturated heterocycles. The van der Waals surface area contributed by atoms with Crippen LogP contribution in [0.4, 0.5) is 5.69 Å². The third-order valence-corrected chi connectivity index (χ3v) is 5.25. The smallest absolute Gasteiger partial charge is 0.344 e. The molecule has 0 aliphatic heterocycles. The maximum absolute atomic E-state index is 12.2. The van der Waals surface area contributed by atoms with Crippen LogP contribution in [0.3, 0.4) is 0 Å². The van der Waals surface area contributed by atoms with Crippen molar-refractivity contribution in [3.8, 4) is 5.75 Å². The summed E-state index contributed by atoms with van der Waals surface area (Å²) in [7, 11) is 1.44. The van der Waals surface area contributed by atoms with Crippen LogP contribution in [-0.2, 0) is 19.1 Å². The molecular formula is C21H21Cl3N2O5. The van der Waals surface area contributed by atoms with Crippen molar-refractivity contribution in [2.45, 2.75) is 13.8 Å². The molecule has 2 rings (SSSR count). The van der Waals surface area contributed by atoms with E-state index in [-0.39, 0.29) is 33.3 Å². The molecule has 2 amide bonds. The van der Waals surface area contributed by atoms with Crippen molar-refractivity contribution in [3.05, 3.63) is 56.5 Å². The summed E-state index contributed by atoms with van der Waals surface area (Å²) in [5, 5.41) is 3.42. The minimum absolute atomic E-state index is 0.152. The zero-order valence-corrected chi connectivity index (χ0v) is 19.4. The van der Waals surface area contributed by atoms with Gasteiger partial charge in [-0.15, -0.1) is 0 Å². The third-order valence-electron chi connectivity index (χ3n) is 4.23. The topological polar surface area (TPSA) is 84.9 Å². The Bertz CT molecular complexity index is 977. The SMILES string of the molecule is Cc1cccc(C)c1NC(=O)CN(C)C(=O)COC(=O)COc1cc(Cl)c(Cl)cc1Cl. The molecule has 0 aliphatic carbocycles. The highest BCUT2D eigenvalue weighted by atomic mass is 35.5. The van der Waals surface area contributed by atoms with Crippen molar-refractivity contribution in [1.29, 1.82) is 0 Å². The number of hydrogen-bond donors (Lipinski definition) is 1. The molecule has 0 saturated carbocycles. The van der Waals surface area contributed by atoms with Crippen LogP contribution in [0.1, 0.15) is 11.1 Å². The number of anilines is 1. The number of benzene rings is 2. The van der Waals surface area contributed by atoms with Crippen molar-refractivity contribution in [2.24, 2.45) is 0 Å². The van der Waals surface area contributed by atoms with Gasteiger partial charge in [0.25, 0.3) is 5.91 Å². The van der Waals surface area contributed by atoms with Crippen LogP contribution >= 0.6 is 34.8 Å². The molecular weight excluding hydrogens is 467 g/mol. The van der Waals surface area contributed by atoms with E-state index in [4.69, 9.17) is 44.3 Å². The van der Waals surface area contributed by atoms with Gasteiger partial charge in [-0.3, -0.25) is 9.59 Å². The largest absolute Gasteiger partial charge is 0.480 e. The van der Waals surface area contributed by atoms with Gasteiger partial charge in [-0.05, 0) is 31.0 Å². The van der Waals surface area contributed by atoms with Gasteiger partial charge in [0.2, 0.25) is 5.91 Å². The van der Waals surface area contributed by atoms with Crippen LogP contribution in [0.25, 0.3) is 0 Å². The molecule has 2 aromatic carbocycles. The fourth-order valence-electron chi connectivity index (χ4n) is 2.54. The Morgan fingerprint density at radius 2 is 1.58 bits per heavy atom. The van der Waals surface area contributed by atoms with Crippen LogP contribution in [0, 0.1) is 13.8 Å². The molecule has 7 nitrogen and oxygen atoms in total. The lowest BCUT2D eigenvalue weighted by Gasteiger charge is -2.18. The predicted octanol–water partition coefficient (Wildman–Crippen LogP) is 4.28. The van der Waals surface area contributed by atoms with Gasteiger partial charge in [-0.2, -0.15) is 0 Å². The second-order valence-corrected chi connectivity index (χ2v) is 7.93. The van der Waals surface area contributed by atoms with Gasteiger partial charge in [0.15, 0.2) is 13.2 Å². The normalized spacial score (nSPS) is 10.4. The number of aryl methyl sites for hydroxylation is 2. The van der Waals surface area contributed by atoms with Crippen molar-refractivity contribution in [3.63, 3.8) is 0 Å². The molecule has 0 radical (unpaired) electrons. The van der Waals surface area contributed by atoms with Gasteiger partial charge >= 0.3 is 5.97 Å². The summed E-state index contributed by atoms with van der Waals surface area (Å²) in [6.45, 7) is 2.54. The molecule has 0 atom stereocenters. The second-order valence-electron chi connectivity index (χ2n) is 6.71. The van der Waals surface area contributed by atoms with Crippen molar-refractivity contribution in [1.82, 2.24) is 4.90 Å². The van der Waals surface area contributed by atoms with Crippen LogP contribution < -0.4 is 10.1 Å². The van der Waals surface area contributed by atoms with E-state index in [0.717, 1.165) is 16.0 Å². The lowest BCUT2D eigenvalue weighted by Crippen LogP contribution is -2.38. The molecule has 0 fully saturated rings. The summed E-state index contributed by atoms with van der Waals surface area (Å²) in [5.74, 6) is -1.54. The number of rotatable bonds is 8. The standard InChI is InChI=1S/C21H21Cl3N2O5/c1-12-5-4-6-13(2)21(12)25-18(27)9-26(3)19(28)10-31-20(29)11-30-17-8-15(23)14(22)7-16(17)24/h4-8H,9-11H2,1-3H3,(H,25,27). The lowest BCUT2D eigenvalue weighted by atomic mass is 10.1. The summed E-state index contributed by atoms with van der Waals surface area (Å²) in [4.78, 5) is 37.4. The lowest BCUT2D eigenvalue weighted by molar-refractivity contribution is -0.153. The Kier molecular flexibility index (Phi) is 8.98. The molecule has 166 valence electrons. The number of ether oxygens (including phenoxy) is 2. The maximum Gasteiger partial charge on any atom is 0.344 e. The van der Waals surface area contributed by atoms with Crippen LogP contribution in [0.2, 0.25) is 15.1 Å². The molecule has 31 heavy (non-hydrogen) atoms.